The van der Waals surface area contributed by atoms with Crippen LogP contribution in [0.4, 0.5) is 0 Å². The van der Waals surface area contributed by atoms with E-state index in [0.717, 1.165) is 10.3 Å². The summed E-state index contributed by atoms with van der Waals surface area (Å²) in [4.78, 5) is 11.0. The molecule has 0 aliphatic rings. The van der Waals surface area contributed by atoms with Gasteiger partial charge in [-0.05, 0) is 16.2 Å². The monoisotopic (exact) mass is 191 g/mol. The molecule has 0 aliphatic carbocycles. The standard InChI is InChI=1S/C10H7O2S/c11-7-12-5-10-9-4-2-1-3-8(9)6-13-10/h1-4,6H,5H2. The lowest BCUT2D eigenvalue weighted by molar-refractivity contribution is 0.271. The van der Waals surface area contributed by atoms with E-state index in [9.17, 15) is 4.79 Å². The third-order valence-electron chi connectivity index (χ3n) is 1.85. The minimum atomic E-state index is 0.321. The first-order chi connectivity index (χ1) is 6.42. The topological polar surface area (TPSA) is 26.3 Å². The predicted molar refractivity (Wildman–Crippen MR) is 52.3 cm³/mol. The highest BCUT2D eigenvalue weighted by molar-refractivity contribution is 7.11. The van der Waals surface area contributed by atoms with Crippen molar-refractivity contribution in [2.24, 2.45) is 0 Å². The summed E-state index contributed by atoms with van der Waals surface area (Å²) in [6.07, 6.45) is 0. The van der Waals surface area contributed by atoms with Crippen LogP contribution in [-0.4, -0.2) is 6.47 Å². The maximum absolute atomic E-state index is 9.89. The van der Waals surface area contributed by atoms with E-state index in [1.807, 2.05) is 24.3 Å². The van der Waals surface area contributed by atoms with Gasteiger partial charge >= 0.3 is 6.47 Å². The van der Waals surface area contributed by atoms with Gasteiger partial charge in [-0.3, -0.25) is 0 Å². The van der Waals surface area contributed by atoms with E-state index in [2.05, 4.69) is 10.1 Å². The predicted octanol–water partition coefficient (Wildman–Crippen LogP) is 2.49. The Kier molecular flexibility index (Phi) is 2.27. The van der Waals surface area contributed by atoms with Crippen molar-refractivity contribution in [2.75, 3.05) is 0 Å². The third-order valence-corrected chi connectivity index (χ3v) is 2.85. The largest absolute Gasteiger partial charge is 0.452 e. The lowest BCUT2D eigenvalue weighted by Crippen LogP contribution is -1.86. The molecule has 2 aromatic rings. The van der Waals surface area contributed by atoms with Gasteiger partial charge in [-0.25, -0.2) is 4.79 Å². The molecule has 3 heteroatoms. The van der Waals surface area contributed by atoms with Crippen molar-refractivity contribution >= 4 is 28.6 Å². The van der Waals surface area contributed by atoms with Gasteiger partial charge in [0.2, 0.25) is 0 Å². The Balaban J connectivity index is 2.40. The van der Waals surface area contributed by atoms with Gasteiger partial charge in [0.05, 0.1) is 0 Å². The second kappa shape index (κ2) is 3.58. The van der Waals surface area contributed by atoms with Gasteiger partial charge in [-0.2, -0.15) is 0 Å². The zero-order valence-electron chi connectivity index (χ0n) is 6.82. The van der Waals surface area contributed by atoms with E-state index in [1.165, 1.54) is 11.9 Å². The molecule has 13 heavy (non-hydrogen) atoms. The highest BCUT2D eigenvalue weighted by Gasteiger charge is 2.02. The second-order valence-electron chi connectivity index (χ2n) is 2.62. The molecule has 1 aromatic heterocycles. The van der Waals surface area contributed by atoms with E-state index in [0.29, 0.717) is 6.61 Å². The minimum absolute atomic E-state index is 0.321. The Morgan fingerprint density at radius 1 is 1.38 bits per heavy atom. The number of thiophene rings is 1. The Morgan fingerprint density at radius 3 is 3.08 bits per heavy atom. The summed E-state index contributed by atoms with van der Waals surface area (Å²) in [5.74, 6) is 0. The molecule has 65 valence electrons. The van der Waals surface area contributed by atoms with Gasteiger partial charge in [0, 0.05) is 4.88 Å². The Bertz CT molecular complexity index is 420. The van der Waals surface area contributed by atoms with Crippen LogP contribution >= 0.6 is 11.3 Å². The number of hydrogen-bond donors (Lipinski definition) is 0. The maximum Gasteiger partial charge on any atom is 0.417 e. The zero-order chi connectivity index (χ0) is 9.10. The molecule has 0 saturated carbocycles. The first kappa shape index (κ1) is 8.26. The van der Waals surface area contributed by atoms with Crippen LogP contribution in [0.5, 0.6) is 0 Å². The molecule has 2 rings (SSSR count). The minimum Gasteiger partial charge on any atom is -0.452 e. The summed E-state index contributed by atoms with van der Waals surface area (Å²) in [5, 5.41) is 4.40. The molecule has 0 spiro atoms. The number of fused-ring (bicyclic) bond motifs is 1. The molecule has 0 fully saturated rings. The summed E-state index contributed by atoms with van der Waals surface area (Å²) in [6.45, 7) is 1.75. The summed E-state index contributed by atoms with van der Waals surface area (Å²) in [6, 6.07) is 8.03. The van der Waals surface area contributed by atoms with Crippen LogP contribution in [0.1, 0.15) is 4.88 Å². The number of carbonyl (C=O) groups excluding carboxylic acids is 1. The van der Waals surface area contributed by atoms with Crippen LogP contribution in [0.2, 0.25) is 0 Å². The normalized spacial score (nSPS) is 10.2. The molecule has 0 amide bonds. The molecule has 0 N–H and O–H groups in total. The molecular weight excluding hydrogens is 184 g/mol. The fourth-order valence-electron chi connectivity index (χ4n) is 1.26. The molecule has 1 aromatic carbocycles. The van der Waals surface area contributed by atoms with Crippen LogP contribution in [-0.2, 0) is 16.1 Å². The number of benzene rings is 1. The van der Waals surface area contributed by atoms with Crippen molar-refractivity contribution in [2.45, 2.75) is 6.61 Å². The van der Waals surface area contributed by atoms with Crippen LogP contribution < -0.4 is 0 Å². The van der Waals surface area contributed by atoms with Crippen molar-refractivity contribution in [1.29, 1.82) is 0 Å². The van der Waals surface area contributed by atoms with E-state index in [4.69, 9.17) is 0 Å². The molecule has 1 heterocycles. The van der Waals surface area contributed by atoms with Crippen LogP contribution in [0.3, 0.4) is 0 Å². The smallest absolute Gasteiger partial charge is 0.417 e. The summed E-state index contributed by atoms with van der Waals surface area (Å²) < 4.78 is 4.59. The highest BCUT2D eigenvalue weighted by Crippen LogP contribution is 2.25. The molecule has 2 nitrogen and oxygen atoms in total. The third kappa shape index (κ3) is 1.55. The van der Waals surface area contributed by atoms with Crippen molar-refractivity contribution in [3.8, 4) is 0 Å². The van der Waals surface area contributed by atoms with Crippen LogP contribution in [0.15, 0.2) is 29.6 Å². The van der Waals surface area contributed by atoms with Gasteiger partial charge in [-0.1, -0.05) is 24.3 Å². The lowest BCUT2D eigenvalue weighted by atomic mass is 10.2. The Morgan fingerprint density at radius 2 is 2.23 bits per heavy atom. The fourth-order valence-corrected chi connectivity index (χ4v) is 2.17. The average Bonchev–Trinajstić information content (AvgIpc) is 2.58. The first-order valence-electron chi connectivity index (χ1n) is 3.86. The van der Waals surface area contributed by atoms with E-state index >= 15 is 0 Å². The molecular formula is C10H7O2S. The molecule has 0 bridgehead atoms. The average molecular weight is 191 g/mol. The van der Waals surface area contributed by atoms with Crippen molar-refractivity contribution in [1.82, 2.24) is 0 Å². The summed E-state index contributed by atoms with van der Waals surface area (Å²) in [7, 11) is 0. The second-order valence-corrected chi connectivity index (χ2v) is 3.58. The van der Waals surface area contributed by atoms with Gasteiger partial charge in [0.25, 0.3) is 0 Å². The SMILES string of the molecule is O=[C]OCc1scc2ccccc12. The molecule has 1 radical (unpaired) electrons. The van der Waals surface area contributed by atoms with Gasteiger partial charge in [-0.15, -0.1) is 11.3 Å². The zero-order valence-corrected chi connectivity index (χ0v) is 7.64. The number of hydrogen-bond acceptors (Lipinski definition) is 3. The summed E-state index contributed by atoms with van der Waals surface area (Å²) in [5.41, 5.74) is 0. The molecule has 0 saturated heterocycles. The van der Waals surface area contributed by atoms with Crippen LogP contribution in [0.25, 0.3) is 10.8 Å². The van der Waals surface area contributed by atoms with Crippen LogP contribution in [0, 0.1) is 0 Å². The molecule has 0 aliphatic heterocycles. The van der Waals surface area contributed by atoms with E-state index in [-0.39, 0.29) is 0 Å². The Hall–Kier alpha value is -1.35. The first-order valence-corrected chi connectivity index (χ1v) is 4.74. The van der Waals surface area contributed by atoms with Gasteiger partial charge < -0.3 is 4.74 Å². The van der Waals surface area contributed by atoms with Gasteiger partial charge in [0.15, 0.2) is 0 Å². The number of ether oxygens (including phenoxy) is 1. The lowest BCUT2D eigenvalue weighted by Gasteiger charge is -1.94. The summed E-state index contributed by atoms with van der Waals surface area (Å²) >= 11 is 1.60. The fraction of sp³-hybridized carbons (Fsp3) is 0.100. The maximum atomic E-state index is 9.89. The molecule has 0 atom stereocenters. The quantitative estimate of drug-likeness (QED) is 0.745. The van der Waals surface area contributed by atoms with Crippen molar-refractivity contribution in [3.05, 3.63) is 34.5 Å². The Labute approximate surface area is 79.8 Å². The molecule has 0 unspecified atom stereocenters. The highest BCUT2D eigenvalue weighted by atomic mass is 32.1. The van der Waals surface area contributed by atoms with Crippen molar-refractivity contribution in [3.63, 3.8) is 0 Å². The van der Waals surface area contributed by atoms with E-state index in [1.54, 1.807) is 11.3 Å². The van der Waals surface area contributed by atoms with Gasteiger partial charge in [0.1, 0.15) is 6.61 Å². The van der Waals surface area contributed by atoms with Crippen molar-refractivity contribution < 1.29 is 9.53 Å². The van der Waals surface area contributed by atoms with E-state index < -0.39 is 0 Å². The number of rotatable bonds is 3.